The van der Waals surface area contributed by atoms with Crippen LogP contribution in [-0.4, -0.2) is 50.8 Å². The first-order valence-corrected chi connectivity index (χ1v) is 7.29. The highest BCUT2D eigenvalue weighted by molar-refractivity contribution is 7.91. The zero-order chi connectivity index (χ0) is 14.6. The Labute approximate surface area is 111 Å². The number of hydrogen-bond acceptors (Lipinski definition) is 4. The summed E-state index contributed by atoms with van der Waals surface area (Å²) in [5, 5.41) is 8.68. The second kappa shape index (κ2) is 6.12. The van der Waals surface area contributed by atoms with Gasteiger partial charge in [0.25, 0.3) is 0 Å². The molecule has 1 N–H and O–H groups in total. The minimum Gasteiger partial charge on any atom is -0.478 e. The van der Waals surface area contributed by atoms with Gasteiger partial charge in [-0.05, 0) is 45.3 Å². The second-order valence-electron chi connectivity index (χ2n) is 4.43. The van der Waals surface area contributed by atoms with Crippen LogP contribution in [0.3, 0.4) is 0 Å². The summed E-state index contributed by atoms with van der Waals surface area (Å²) in [7, 11) is -0.0950. The normalized spacial score (nSPS) is 11.8. The molecule has 0 saturated heterocycles. The molecule has 0 aromatic heterocycles. The number of carbonyl (C=O) groups is 1. The molecule has 0 radical (unpaired) electrons. The Bertz CT molecular complexity index is 569. The number of aromatic carboxylic acids is 1. The summed E-state index contributed by atoms with van der Waals surface area (Å²) < 4.78 is 37.5. The molecule has 0 saturated carbocycles. The van der Waals surface area contributed by atoms with Gasteiger partial charge >= 0.3 is 5.97 Å². The summed E-state index contributed by atoms with van der Waals surface area (Å²) in [6.07, 6.45) is 0.384. The number of hydrogen-bond donors (Lipinski definition) is 1. The molecule has 0 fully saturated rings. The molecule has 1 rings (SSSR count). The number of benzene rings is 1. The van der Waals surface area contributed by atoms with E-state index in [1.54, 1.807) is 0 Å². The molecular formula is C12H16FNO4S. The first-order valence-electron chi connectivity index (χ1n) is 5.64. The maximum absolute atomic E-state index is 13.6. The van der Waals surface area contributed by atoms with Crippen molar-refractivity contribution in [2.45, 2.75) is 11.3 Å². The van der Waals surface area contributed by atoms with Crippen LogP contribution >= 0.6 is 0 Å². The zero-order valence-electron chi connectivity index (χ0n) is 10.8. The Balaban J connectivity index is 2.93. The Morgan fingerprint density at radius 2 is 2.00 bits per heavy atom. The minimum absolute atomic E-state index is 0.172. The lowest BCUT2D eigenvalue weighted by Crippen LogP contribution is -2.18. The fraction of sp³-hybridized carbons (Fsp3) is 0.417. The maximum atomic E-state index is 13.6. The largest absolute Gasteiger partial charge is 0.478 e. The van der Waals surface area contributed by atoms with Crippen molar-refractivity contribution in [2.24, 2.45) is 0 Å². The zero-order valence-corrected chi connectivity index (χ0v) is 11.6. The van der Waals surface area contributed by atoms with E-state index in [0.29, 0.717) is 13.0 Å². The predicted molar refractivity (Wildman–Crippen MR) is 68.6 cm³/mol. The molecule has 19 heavy (non-hydrogen) atoms. The molecule has 0 aliphatic rings. The van der Waals surface area contributed by atoms with Crippen molar-refractivity contribution in [1.29, 1.82) is 0 Å². The lowest BCUT2D eigenvalue weighted by molar-refractivity contribution is 0.0696. The van der Waals surface area contributed by atoms with Gasteiger partial charge in [0.1, 0.15) is 10.7 Å². The van der Waals surface area contributed by atoms with Crippen LogP contribution in [0.4, 0.5) is 4.39 Å². The van der Waals surface area contributed by atoms with Crippen molar-refractivity contribution >= 4 is 15.8 Å². The molecule has 0 amide bonds. The Kier molecular flexibility index (Phi) is 5.02. The highest BCUT2D eigenvalue weighted by Gasteiger charge is 2.20. The minimum atomic E-state index is -3.72. The molecule has 0 atom stereocenters. The fourth-order valence-electron chi connectivity index (χ4n) is 1.57. The van der Waals surface area contributed by atoms with Gasteiger partial charge in [-0.25, -0.2) is 17.6 Å². The summed E-state index contributed by atoms with van der Waals surface area (Å²) in [6.45, 7) is 0.577. The van der Waals surface area contributed by atoms with E-state index >= 15 is 0 Å². The van der Waals surface area contributed by atoms with Gasteiger partial charge in [0.15, 0.2) is 9.84 Å². The van der Waals surface area contributed by atoms with Gasteiger partial charge in [0, 0.05) is 0 Å². The van der Waals surface area contributed by atoms with Crippen LogP contribution in [0.5, 0.6) is 0 Å². The van der Waals surface area contributed by atoms with Crippen LogP contribution in [0.25, 0.3) is 0 Å². The third-order valence-electron chi connectivity index (χ3n) is 2.53. The molecule has 0 heterocycles. The summed E-state index contributed by atoms with van der Waals surface area (Å²) in [6, 6.07) is 2.81. The van der Waals surface area contributed by atoms with E-state index < -0.39 is 26.5 Å². The van der Waals surface area contributed by atoms with Crippen molar-refractivity contribution in [2.75, 3.05) is 26.4 Å². The fourth-order valence-corrected chi connectivity index (χ4v) is 2.93. The first-order chi connectivity index (χ1) is 8.74. The van der Waals surface area contributed by atoms with Gasteiger partial charge in [-0.3, -0.25) is 0 Å². The van der Waals surface area contributed by atoms with Crippen molar-refractivity contribution < 1.29 is 22.7 Å². The highest BCUT2D eigenvalue weighted by atomic mass is 32.2. The van der Waals surface area contributed by atoms with Gasteiger partial charge < -0.3 is 10.0 Å². The van der Waals surface area contributed by atoms with Crippen LogP contribution in [0.2, 0.25) is 0 Å². The second-order valence-corrected chi connectivity index (χ2v) is 6.50. The van der Waals surface area contributed by atoms with E-state index in [-0.39, 0.29) is 11.3 Å². The summed E-state index contributed by atoms with van der Waals surface area (Å²) in [5.74, 6) is -2.49. The van der Waals surface area contributed by atoms with Crippen molar-refractivity contribution in [3.8, 4) is 0 Å². The maximum Gasteiger partial charge on any atom is 0.335 e. The highest BCUT2D eigenvalue weighted by Crippen LogP contribution is 2.18. The van der Waals surface area contributed by atoms with Crippen LogP contribution in [0, 0.1) is 5.82 Å². The molecule has 5 nitrogen and oxygen atoms in total. The standard InChI is InChI=1S/C12H16FNO4S/c1-14(2)6-3-7-19(17,18)11-5-4-9(12(15)16)8-10(11)13/h4-5,8H,3,6-7H2,1-2H3,(H,15,16). The Morgan fingerprint density at radius 3 is 2.47 bits per heavy atom. The lowest BCUT2D eigenvalue weighted by atomic mass is 10.2. The van der Waals surface area contributed by atoms with Crippen molar-refractivity contribution in [1.82, 2.24) is 4.90 Å². The van der Waals surface area contributed by atoms with Gasteiger partial charge in [-0.1, -0.05) is 0 Å². The molecule has 1 aromatic rings. The predicted octanol–water partition coefficient (Wildman–Crippen LogP) is 1.25. The van der Waals surface area contributed by atoms with Gasteiger partial charge in [-0.15, -0.1) is 0 Å². The molecular weight excluding hydrogens is 273 g/mol. The number of carboxylic acids is 1. The molecule has 0 aliphatic carbocycles. The topological polar surface area (TPSA) is 74.7 Å². The van der Waals surface area contributed by atoms with Crippen LogP contribution in [0.15, 0.2) is 23.1 Å². The van der Waals surface area contributed by atoms with E-state index in [0.717, 1.165) is 18.2 Å². The third kappa shape index (κ3) is 4.29. The van der Waals surface area contributed by atoms with Crippen LogP contribution in [0.1, 0.15) is 16.8 Å². The number of rotatable bonds is 6. The SMILES string of the molecule is CN(C)CCCS(=O)(=O)c1ccc(C(=O)O)cc1F. The molecule has 0 unspecified atom stereocenters. The lowest BCUT2D eigenvalue weighted by Gasteiger charge is -2.10. The molecule has 0 bridgehead atoms. The molecule has 106 valence electrons. The van der Waals surface area contributed by atoms with Gasteiger partial charge in [0.2, 0.25) is 0 Å². The van der Waals surface area contributed by atoms with Gasteiger partial charge in [0.05, 0.1) is 11.3 Å². The average molecular weight is 289 g/mol. The van der Waals surface area contributed by atoms with E-state index in [9.17, 15) is 17.6 Å². The number of halogens is 1. The van der Waals surface area contributed by atoms with E-state index in [1.807, 2.05) is 19.0 Å². The summed E-state index contributed by atoms with van der Waals surface area (Å²) >= 11 is 0. The molecule has 7 heteroatoms. The monoisotopic (exact) mass is 289 g/mol. The van der Waals surface area contributed by atoms with Crippen molar-refractivity contribution in [3.05, 3.63) is 29.6 Å². The third-order valence-corrected chi connectivity index (χ3v) is 4.36. The van der Waals surface area contributed by atoms with E-state index in [1.165, 1.54) is 0 Å². The van der Waals surface area contributed by atoms with E-state index in [4.69, 9.17) is 5.11 Å². The quantitative estimate of drug-likeness (QED) is 0.853. The summed E-state index contributed by atoms with van der Waals surface area (Å²) in [4.78, 5) is 12.0. The molecule has 1 aromatic carbocycles. The van der Waals surface area contributed by atoms with Crippen molar-refractivity contribution in [3.63, 3.8) is 0 Å². The van der Waals surface area contributed by atoms with E-state index in [2.05, 4.69) is 0 Å². The van der Waals surface area contributed by atoms with Crippen LogP contribution < -0.4 is 0 Å². The van der Waals surface area contributed by atoms with Crippen LogP contribution in [-0.2, 0) is 9.84 Å². The average Bonchev–Trinajstić information content (AvgIpc) is 2.27. The van der Waals surface area contributed by atoms with Gasteiger partial charge in [-0.2, -0.15) is 0 Å². The number of nitrogens with zero attached hydrogens (tertiary/aromatic N) is 1. The molecule has 0 aliphatic heterocycles. The number of carboxylic acid groups (broad SMARTS) is 1. The Morgan fingerprint density at radius 1 is 1.37 bits per heavy atom. The first kappa shape index (κ1) is 15.6. The summed E-state index contributed by atoms with van der Waals surface area (Å²) in [5.41, 5.74) is -0.273. The number of sulfone groups is 1. The smallest absolute Gasteiger partial charge is 0.335 e. The Hall–Kier alpha value is -1.47. The molecule has 0 spiro atoms.